The summed E-state index contributed by atoms with van der Waals surface area (Å²) < 4.78 is 44.9. The van der Waals surface area contributed by atoms with Gasteiger partial charge in [-0.1, -0.05) is 42.5 Å². The first-order chi connectivity index (χ1) is 19.3. The molecule has 1 saturated heterocycles. The van der Waals surface area contributed by atoms with Crippen LogP contribution in [0.5, 0.6) is 11.5 Å². The number of aryl methyl sites for hydroxylation is 2. The highest BCUT2D eigenvalue weighted by Gasteiger charge is 2.32. The molecule has 2 aliphatic heterocycles. The lowest BCUT2D eigenvalue weighted by molar-refractivity contribution is 0.0826. The zero-order chi connectivity index (χ0) is 27.9. The zero-order valence-corrected chi connectivity index (χ0v) is 24.1. The summed E-state index contributed by atoms with van der Waals surface area (Å²) in [6.07, 6.45) is -0.447. The molecule has 3 heterocycles. The molecule has 0 N–H and O–H groups in total. The number of piperazine rings is 1. The van der Waals surface area contributed by atoms with E-state index in [1.165, 1.54) is 0 Å². The van der Waals surface area contributed by atoms with E-state index in [9.17, 15) is 8.42 Å². The van der Waals surface area contributed by atoms with Gasteiger partial charge in [-0.2, -0.15) is 9.40 Å². The first-order valence-corrected chi connectivity index (χ1v) is 15.1. The average Bonchev–Trinajstić information content (AvgIpc) is 3.30. The fraction of sp³-hybridized carbons (Fsp3) is 0.310. The maximum Gasteiger partial charge on any atom is 0.243 e. The number of aromatic nitrogens is 3. The number of fused-ring (bicyclic) bond motifs is 1. The molecule has 0 saturated carbocycles. The van der Waals surface area contributed by atoms with Crippen LogP contribution in [0.3, 0.4) is 0 Å². The molecule has 208 valence electrons. The first-order valence-electron chi connectivity index (χ1n) is 13.2. The van der Waals surface area contributed by atoms with Crippen LogP contribution in [0.15, 0.2) is 77.7 Å². The lowest BCUT2D eigenvalue weighted by atomic mass is 10.2. The summed E-state index contributed by atoms with van der Waals surface area (Å²) in [6, 6.07) is 23.0. The van der Waals surface area contributed by atoms with Crippen LogP contribution in [0.25, 0.3) is 5.69 Å². The Labute approximate surface area is 239 Å². The molecule has 0 amide bonds. The van der Waals surface area contributed by atoms with Crippen molar-refractivity contribution in [1.82, 2.24) is 23.6 Å². The lowest BCUT2D eigenvalue weighted by Crippen LogP contribution is -2.49. The van der Waals surface area contributed by atoms with Crippen LogP contribution < -0.4 is 9.47 Å². The minimum absolute atomic E-state index is 0.310. The third-order valence-corrected chi connectivity index (χ3v) is 9.74. The van der Waals surface area contributed by atoms with E-state index in [1.54, 1.807) is 15.1 Å². The Morgan fingerprint density at radius 2 is 1.62 bits per heavy atom. The minimum Gasteiger partial charge on any atom is -0.485 e. The fourth-order valence-electron chi connectivity index (χ4n) is 5.12. The molecule has 0 unspecified atom stereocenters. The molecule has 1 fully saturated rings. The van der Waals surface area contributed by atoms with Crippen LogP contribution in [-0.4, -0.2) is 64.8 Å². The summed E-state index contributed by atoms with van der Waals surface area (Å²) in [7, 11) is -3.57. The number of sulfonamides is 1. The molecular formula is C29H31N5O4S2. The summed E-state index contributed by atoms with van der Waals surface area (Å²) in [4.78, 5) is 2.55. The van der Waals surface area contributed by atoms with Crippen molar-refractivity contribution in [3.05, 3.63) is 94.5 Å². The van der Waals surface area contributed by atoms with Crippen molar-refractivity contribution < 1.29 is 17.9 Å². The molecule has 3 aromatic carbocycles. The van der Waals surface area contributed by atoms with Gasteiger partial charge in [-0.25, -0.2) is 13.1 Å². The van der Waals surface area contributed by atoms with E-state index < -0.39 is 16.1 Å². The van der Waals surface area contributed by atoms with Crippen molar-refractivity contribution in [3.63, 3.8) is 0 Å². The van der Waals surface area contributed by atoms with Gasteiger partial charge >= 0.3 is 0 Å². The first kappa shape index (κ1) is 26.7. The monoisotopic (exact) mass is 577 g/mol. The highest BCUT2D eigenvalue weighted by atomic mass is 32.2. The van der Waals surface area contributed by atoms with Gasteiger partial charge < -0.3 is 9.47 Å². The van der Waals surface area contributed by atoms with Crippen LogP contribution in [0.2, 0.25) is 0 Å². The van der Waals surface area contributed by atoms with E-state index >= 15 is 0 Å². The van der Waals surface area contributed by atoms with Gasteiger partial charge in [0.1, 0.15) is 6.61 Å². The van der Waals surface area contributed by atoms with Crippen molar-refractivity contribution in [2.45, 2.75) is 31.5 Å². The summed E-state index contributed by atoms with van der Waals surface area (Å²) >= 11 is 5.92. The van der Waals surface area contributed by atoms with Gasteiger partial charge in [-0.3, -0.25) is 9.47 Å². The van der Waals surface area contributed by atoms with Crippen molar-refractivity contribution in [2.75, 3.05) is 32.8 Å². The summed E-state index contributed by atoms with van der Waals surface area (Å²) in [5.41, 5.74) is 2.58. The normalized spacial score (nSPS) is 18.1. The number of nitrogens with zero attached hydrogens (tertiary/aromatic N) is 5. The highest BCUT2D eigenvalue weighted by molar-refractivity contribution is 7.89. The van der Waals surface area contributed by atoms with Gasteiger partial charge in [0.2, 0.25) is 14.8 Å². The maximum absolute atomic E-state index is 13.4. The highest BCUT2D eigenvalue weighted by Crippen LogP contribution is 2.36. The van der Waals surface area contributed by atoms with E-state index in [2.05, 4.69) is 4.90 Å². The maximum atomic E-state index is 13.4. The Hall–Kier alpha value is -3.51. The Morgan fingerprint density at radius 1 is 0.925 bits per heavy atom. The largest absolute Gasteiger partial charge is 0.485 e. The molecule has 40 heavy (non-hydrogen) atoms. The molecule has 4 aromatic rings. The molecule has 2 aliphatic rings. The van der Waals surface area contributed by atoms with E-state index in [0.717, 1.165) is 16.8 Å². The smallest absolute Gasteiger partial charge is 0.243 e. The number of ether oxygens (including phenoxy) is 2. The standard InChI is InChI=1S/C29H31N5O4S2/c1-21-12-13-22(2)27(18-21)40(35,36)32-16-14-31(15-17-32)20-33-29(39)34(23-8-4-3-5-9-23)28(30-33)26-19-37-24-10-6-7-11-25(24)38-26/h3-13,18,26H,14-17,19-20H2,1-2H3/t26-/m0/s1. The molecule has 11 heteroatoms. The predicted octanol–water partition coefficient (Wildman–Crippen LogP) is 4.50. The number of para-hydroxylation sites is 3. The van der Waals surface area contributed by atoms with Crippen LogP contribution in [0, 0.1) is 18.6 Å². The van der Waals surface area contributed by atoms with Crippen LogP contribution in [0.4, 0.5) is 0 Å². The lowest BCUT2D eigenvalue weighted by Gasteiger charge is -2.34. The number of benzene rings is 3. The molecule has 1 aromatic heterocycles. The number of hydrogen-bond donors (Lipinski definition) is 0. The van der Waals surface area contributed by atoms with E-state index in [1.807, 2.05) is 85.1 Å². The van der Waals surface area contributed by atoms with Crippen molar-refractivity contribution in [2.24, 2.45) is 0 Å². The molecular weight excluding hydrogens is 546 g/mol. The third kappa shape index (κ3) is 5.05. The minimum atomic E-state index is -3.57. The van der Waals surface area contributed by atoms with Crippen LogP contribution in [0.1, 0.15) is 23.1 Å². The third-order valence-electron chi connectivity index (χ3n) is 7.30. The number of rotatable bonds is 6. The SMILES string of the molecule is Cc1ccc(C)c(S(=O)(=O)N2CCN(Cn3nc([C@@H]4COc5ccccc5O4)n(-c4ccccc4)c3=S)CC2)c1. The zero-order valence-electron chi connectivity index (χ0n) is 22.4. The molecule has 0 bridgehead atoms. The van der Waals surface area contributed by atoms with E-state index in [4.69, 9.17) is 26.8 Å². The van der Waals surface area contributed by atoms with Gasteiger partial charge in [0.25, 0.3) is 0 Å². The Kier molecular flexibility index (Phi) is 7.22. The van der Waals surface area contributed by atoms with Gasteiger partial charge in [0, 0.05) is 31.9 Å². The Balaban J connectivity index is 1.23. The molecule has 6 rings (SSSR count). The van der Waals surface area contributed by atoms with Crippen molar-refractivity contribution in [1.29, 1.82) is 0 Å². The molecule has 0 spiro atoms. The van der Waals surface area contributed by atoms with E-state index in [-0.39, 0.29) is 0 Å². The van der Waals surface area contributed by atoms with Crippen molar-refractivity contribution >= 4 is 22.2 Å². The summed E-state index contributed by atoms with van der Waals surface area (Å²) in [6.45, 7) is 6.41. The summed E-state index contributed by atoms with van der Waals surface area (Å²) in [5, 5.41) is 4.91. The summed E-state index contributed by atoms with van der Waals surface area (Å²) in [5.74, 6) is 2.03. The quantitative estimate of drug-likeness (QED) is 0.312. The van der Waals surface area contributed by atoms with Crippen molar-refractivity contribution in [3.8, 4) is 17.2 Å². The second-order valence-electron chi connectivity index (χ2n) is 10.1. The fourth-order valence-corrected chi connectivity index (χ4v) is 7.15. The second kappa shape index (κ2) is 10.8. The van der Waals surface area contributed by atoms with Gasteiger partial charge in [-0.05, 0) is 67.5 Å². The van der Waals surface area contributed by atoms with E-state index in [0.29, 0.717) is 66.4 Å². The predicted molar refractivity (Wildman–Crippen MR) is 154 cm³/mol. The molecule has 9 nitrogen and oxygen atoms in total. The molecule has 0 aliphatic carbocycles. The van der Waals surface area contributed by atoms with Crippen LogP contribution >= 0.6 is 12.2 Å². The average molecular weight is 578 g/mol. The van der Waals surface area contributed by atoms with Gasteiger partial charge in [-0.15, -0.1) is 0 Å². The molecule has 0 radical (unpaired) electrons. The molecule has 1 atom stereocenters. The van der Waals surface area contributed by atoms with Gasteiger partial charge in [0.05, 0.1) is 11.6 Å². The second-order valence-corrected chi connectivity index (χ2v) is 12.4. The van der Waals surface area contributed by atoms with Gasteiger partial charge in [0.15, 0.2) is 23.4 Å². The Bertz CT molecular complexity index is 1690. The topological polar surface area (TPSA) is 81.8 Å². The number of hydrogen-bond acceptors (Lipinski definition) is 7. The van der Waals surface area contributed by atoms with Crippen LogP contribution in [-0.2, 0) is 16.7 Å². The Morgan fingerprint density at radius 3 is 2.38 bits per heavy atom.